The number of carbonyl (C=O) groups excluding carboxylic acids is 1. The zero-order valence-corrected chi connectivity index (χ0v) is 17.1. The summed E-state index contributed by atoms with van der Waals surface area (Å²) >= 11 is 0. The van der Waals surface area contributed by atoms with Gasteiger partial charge in [-0.25, -0.2) is 9.97 Å². The van der Waals surface area contributed by atoms with E-state index in [0.717, 1.165) is 13.1 Å². The van der Waals surface area contributed by atoms with E-state index in [1.54, 1.807) is 20.2 Å². The maximum atomic E-state index is 12.4. The molecule has 0 radical (unpaired) electrons. The van der Waals surface area contributed by atoms with Crippen molar-refractivity contribution in [2.45, 2.75) is 6.10 Å². The highest BCUT2D eigenvalue weighted by molar-refractivity contribution is 7.59. The van der Waals surface area contributed by atoms with Crippen LogP contribution in [0.3, 0.4) is 0 Å². The Balaban J connectivity index is 0.00000300. The Bertz CT molecular complexity index is 864. The van der Waals surface area contributed by atoms with Crippen LogP contribution < -0.4 is 16.0 Å². The SMILES string of the molecule is CN(C)C(=O)c1nnc(Nc2cnc(C#N)cn2)cc1NC[C@@H]1CNCCO1.S. The molecule has 29 heavy (non-hydrogen) atoms. The summed E-state index contributed by atoms with van der Waals surface area (Å²) in [6.45, 7) is 2.73. The van der Waals surface area contributed by atoms with Crippen LogP contribution in [0.5, 0.6) is 0 Å². The van der Waals surface area contributed by atoms with Gasteiger partial charge in [0.25, 0.3) is 5.91 Å². The van der Waals surface area contributed by atoms with Crippen molar-refractivity contribution in [1.29, 1.82) is 5.26 Å². The lowest BCUT2D eigenvalue weighted by molar-refractivity contribution is 0.0372. The van der Waals surface area contributed by atoms with Crippen LogP contribution in [0.2, 0.25) is 0 Å². The summed E-state index contributed by atoms with van der Waals surface area (Å²) in [6, 6.07) is 3.59. The van der Waals surface area contributed by atoms with E-state index >= 15 is 0 Å². The molecule has 1 amide bonds. The molecule has 0 unspecified atom stereocenters. The Morgan fingerprint density at radius 3 is 2.79 bits per heavy atom. The molecule has 3 heterocycles. The van der Waals surface area contributed by atoms with Crippen molar-refractivity contribution in [3.63, 3.8) is 0 Å². The van der Waals surface area contributed by atoms with Crippen LogP contribution in [0.1, 0.15) is 16.2 Å². The Morgan fingerprint density at radius 1 is 1.34 bits per heavy atom. The van der Waals surface area contributed by atoms with Crippen LogP contribution in [0.25, 0.3) is 0 Å². The van der Waals surface area contributed by atoms with E-state index < -0.39 is 0 Å². The smallest absolute Gasteiger partial charge is 0.276 e. The molecule has 2 aromatic rings. The first-order valence-corrected chi connectivity index (χ1v) is 8.71. The zero-order valence-electron chi connectivity index (χ0n) is 16.1. The molecule has 12 heteroatoms. The van der Waals surface area contributed by atoms with Crippen LogP contribution in [0, 0.1) is 11.3 Å². The van der Waals surface area contributed by atoms with E-state index in [1.807, 2.05) is 6.07 Å². The molecule has 3 N–H and O–H groups in total. The summed E-state index contributed by atoms with van der Waals surface area (Å²) in [5.74, 6) is 0.535. The minimum atomic E-state index is -0.262. The first-order chi connectivity index (χ1) is 13.6. The fraction of sp³-hybridized carbons (Fsp3) is 0.412. The normalized spacial score (nSPS) is 15.6. The number of anilines is 3. The van der Waals surface area contributed by atoms with Gasteiger partial charge >= 0.3 is 0 Å². The summed E-state index contributed by atoms with van der Waals surface area (Å²) in [6.07, 6.45) is 2.77. The summed E-state index contributed by atoms with van der Waals surface area (Å²) in [5.41, 5.74) is 0.962. The number of aromatic nitrogens is 4. The topological polar surface area (TPSA) is 141 Å². The molecule has 2 aromatic heterocycles. The lowest BCUT2D eigenvalue weighted by Crippen LogP contribution is -2.42. The van der Waals surface area contributed by atoms with Crippen molar-refractivity contribution in [2.24, 2.45) is 0 Å². The summed E-state index contributed by atoms with van der Waals surface area (Å²) in [5, 5.41) is 26.4. The van der Waals surface area contributed by atoms with E-state index in [4.69, 9.17) is 10.00 Å². The monoisotopic (exact) mass is 417 g/mol. The van der Waals surface area contributed by atoms with Crippen LogP contribution in [-0.2, 0) is 4.74 Å². The van der Waals surface area contributed by atoms with Gasteiger partial charge in [0.1, 0.15) is 11.9 Å². The predicted molar refractivity (Wildman–Crippen MR) is 112 cm³/mol. The lowest BCUT2D eigenvalue weighted by atomic mass is 10.2. The second-order valence-electron chi connectivity index (χ2n) is 6.29. The van der Waals surface area contributed by atoms with Crippen molar-refractivity contribution >= 4 is 36.7 Å². The number of carbonyl (C=O) groups is 1. The van der Waals surface area contributed by atoms with Gasteiger partial charge in [0, 0.05) is 39.8 Å². The Hall–Kier alpha value is -3.01. The quantitative estimate of drug-likeness (QED) is 0.592. The van der Waals surface area contributed by atoms with Gasteiger partial charge in [-0.1, -0.05) is 0 Å². The van der Waals surface area contributed by atoms with Gasteiger partial charge in [0.05, 0.1) is 30.8 Å². The number of amides is 1. The maximum Gasteiger partial charge on any atom is 0.276 e. The third-order valence-electron chi connectivity index (χ3n) is 3.95. The average molecular weight is 417 g/mol. The molecule has 154 valence electrons. The van der Waals surface area contributed by atoms with Gasteiger partial charge in [0.15, 0.2) is 17.2 Å². The minimum Gasteiger partial charge on any atom is -0.380 e. The van der Waals surface area contributed by atoms with E-state index in [0.29, 0.717) is 30.5 Å². The molecule has 11 nitrogen and oxygen atoms in total. The van der Waals surface area contributed by atoms with Gasteiger partial charge in [-0.15, -0.1) is 10.2 Å². The van der Waals surface area contributed by atoms with Crippen LogP contribution >= 0.6 is 13.5 Å². The number of hydrogen-bond acceptors (Lipinski definition) is 10. The molecule has 1 saturated heterocycles. The third-order valence-corrected chi connectivity index (χ3v) is 3.95. The molecule has 1 atom stereocenters. The molecule has 0 saturated carbocycles. The summed E-state index contributed by atoms with van der Waals surface area (Å²) in [4.78, 5) is 21.9. The highest BCUT2D eigenvalue weighted by atomic mass is 32.1. The second kappa shape index (κ2) is 10.5. The average Bonchev–Trinajstić information content (AvgIpc) is 2.73. The highest BCUT2D eigenvalue weighted by Crippen LogP contribution is 2.20. The van der Waals surface area contributed by atoms with Crippen LogP contribution in [-0.4, -0.2) is 77.4 Å². The zero-order chi connectivity index (χ0) is 19.9. The predicted octanol–water partition coefficient (Wildman–Crippen LogP) is 0.0968. The third kappa shape index (κ3) is 5.98. The summed E-state index contributed by atoms with van der Waals surface area (Å²) in [7, 11) is 3.31. The van der Waals surface area contributed by atoms with Gasteiger partial charge in [-0.05, 0) is 0 Å². The number of nitrogens with zero attached hydrogens (tertiary/aromatic N) is 6. The maximum absolute atomic E-state index is 12.4. The van der Waals surface area contributed by atoms with E-state index in [1.165, 1.54) is 17.3 Å². The Morgan fingerprint density at radius 2 is 2.17 bits per heavy atom. The number of hydrogen-bond donors (Lipinski definition) is 3. The van der Waals surface area contributed by atoms with Crippen LogP contribution in [0.15, 0.2) is 18.5 Å². The van der Waals surface area contributed by atoms with Crippen molar-refractivity contribution in [3.05, 3.63) is 29.8 Å². The molecule has 0 aliphatic carbocycles. The molecule has 3 rings (SSSR count). The molecule has 1 aliphatic rings. The van der Waals surface area contributed by atoms with Crippen molar-refractivity contribution in [1.82, 2.24) is 30.4 Å². The van der Waals surface area contributed by atoms with Crippen molar-refractivity contribution in [3.8, 4) is 6.07 Å². The number of ether oxygens (including phenoxy) is 1. The molecular formula is C17H23N9O2S. The number of nitrogens with one attached hydrogen (secondary N) is 3. The fourth-order valence-corrected chi connectivity index (χ4v) is 2.51. The van der Waals surface area contributed by atoms with E-state index in [2.05, 4.69) is 36.1 Å². The molecule has 0 spiro atoms. The van der Waals surface area contributed by atoms with Crippen molar-refractivity contribution < 1.29 is 9.53 Å². The highest BCUT2D eigenvalue weighted by Gasteiger charge is 2.19. The lowest BCUT2D eigenvalue weighted by Gasteiger charge is -2.24. The summed E-state index contributed by atoms with van der Waals surface area (Å²) < 4.78 is 5.68. The first kappa shape index (κ1) is 22.3. The van der Waals surface area contributed by atoms with Gasteiger partial charge in [-0.3, -0.25) is 4.79 Å². The van der Waals surface area contributed by atoms with Gasteiger partial charge < -0.3 is 25.6 Å². The molecule has 1 aliphatic heterocycles. The largest absolute Gasteiger partial charge is 0.380 e. The minimum absolute atomic E-state index is 0. The van der Waals surface area contributed by atoms with Gasteiger partial charge in [0.2, 0.25) is 0 Å². The number of morpholine rings is 1. The molecule has 0 aromatic carbocycles. The van der Waals surface area contributed by atoms with E-state index in [9.17, 15) is 4.79 Å². The van der Waals surface area contributed by atoms with Crippen molar-refractivity contribution in [2.75, 3.05) is 51.0 Å². The molecule has 0 bridgehead atoms. The van der Waals surface area contributed by atoms with Gasteiger partial charge in [-0.2, -0.15) is 18.8 Å². The van der Waals surface area contributed by atoms with Crippen LogP contribution in [0.4, 0.5) is 17.3 Å². The first-order valence-electron chi connectivity index (χ1n) is 8.71. The Labute approximate surface area is 175 Å². The fourth-order valence-electron chi connectivity index (χ4n) is 2.51. The number of rotatable bonds is 6. The standard InChI is InChI=1S/C17H21N9O2.H2S/c1-26(2)17(27)16-13(21-9-12-8-19-3-4-28-12)5-14(24-25-16)23-15-10-20-11(6-18)7-22-15;/h5,7,10,12,19H,3-4,8-9H2,1-2H3,(H2,21,22,23,24);1H2/t12-;/m0./s1. The van der Waals surface area contributed by atoms with E-state index in [-0.39, 0.29) is 36.9 Å². The Kier molecular flexibility index (Phi) is 8.08. The second-order valence-corrected chi connectivity index (χ2v) is 6.29. The number of nitriles is 1. The molecule has 1 fully saturated rings. The molecular weight excluding hydrogens is 394 g/mol.